The Hall–Kier alpha value is -2.56. The predicted molar refractivity (Wildman–Crippen MR) is 119 cm³/mol. The van der Waals surface area contributed by atoms with E-state index in [1.54, 1.807) is 30.8 Å². The van der Waals surface area contributed by atoms with Crippen molar-refractivity contribution in [2.24, 2.45) is 0 Å². The number of pyridine rings is 1. The minimum atomic E-state index is -0.111. The maximum atomic E-state index is 12.6. The van der Waals surface area contributed by atoms with Gasteiger partial charge in [0.05, 0.1) is 23.8 Å². The molecule has 4 heterocycles. The lowest BCUT2D eigenvalue weighted by Gasteiger charge is -2.13. The van der Waals surface area contributed by atoms with E-state index < -0.39 is 0 Å². The number of thioether (sulfide) groups is 1. The van der Waals surface area contributed by atoms with Crippen LogP contribution in [-0.4, -0.2) is 43.4 Å². The van der Waals surface area contributed by atoms with Gasteiger partial charge >= 0.3 is 0 Å². The van der Waals surface area contributed by atoms with Crippen molar-refractivity contribution in [2.45, 2.75) is 37.7 Å². The van der Waals surface area contributed by atoms with Crippen molar-refractivity contribution in [1.29, 1.82) is 0 Å². The van der Waals surface area contributed by atoms with Crippen LogP contribution in [0.3, 0.4) is 0 Å². The van der Waals surface area contributed by atoms with Crippen LogP contribution in [0.15, 0.2) is 34.5 Å². The van der Waals surface area contributed by atoms with Gasteiger partial charge in [-0.2, -0.15) is 0 Å². The predicted octanol–water partition coefficient (Wildman–Crippen LogP) is 3.75. The van der Waals surface area contributed by atoms with Gasteiger partial charge in [-0.15, -0.1) is 21.5 Å². The number of hydrogen-bond donors (Lipinski definition) is 1. The summed E-state index contributed by atoms with van der Waals surface area (Å²) in [7, 11) is 1.67. The average molecular weight is 443 g/mol. The van der Waals surface area contributed by atoms with Crippen LogP contribution in [0.2, 0.25) is 0 Å². The van der Waals surface area contributed by atoms with Crippen LogP contribution in [0, 0.1) is 13.8 Å². The summed E-state index contributed by atoms with van der Waals surface area (Å²) in [6.45, 7) is 7.12. The number of nitrogens with one attached hydrogen (secondary N) is 1. The van der Waals surface area contributed by atoms with Gasteiger partial charge in [-0.05, 0) is 38.5 Å². The second-order valence-electron chi connectivity index (χ2n) is 6.86. The third-order valence-corrected chi connectivity index (χ3v) is 7.09. The summed E-state index contributed by atoms with van der Waals surface area (Å²) < 4.78 is 7.30. The summed E-state index contributed by atoms with van der Waals surface area (Å²) in [4.78, 5) is 26.3. The van der Waals surface area contributed by atoms with E-state index in [1.807, 2.05) is 37.5 Å². The van der Waals surface area contributed by atoms with Crippen LogP contribution in [0.25, 0.3) is 21.6 Å². The first-order valence-electron chi connectivity index (χ1n) is 9.48. The summed E-state index contributed by atoms with van der Waals surface area (Å²) in [6, 6.07) is 3.80. The van der Waals surface area contributed by atoms with E-state index in [9.17, 15) is 4.79 Å². The third kappa shape index (κ3) is 3.90. The Morgan fingerprint density at radius 3 is 2.77 bits per heavy atom. The molecular weight excluding hydrogens is 420 g/mol. The van der Waals surface area contributed by atoms with Gasteiger partial charge in [0.15, 0.2) is 11.0 Å². The number of ether oxygens (including phenoxy) is 1. The lowest BCUT2D eigenvalue weighted by molar-refractivity contribution is 0.185. The molecule has 0 fully saturated rings. The monoisotopic (exact) mass is 442 g/mol. The Morgan fingerprint density at radius 1 is 1.27 bits per heavy atom. The zero-order chi connectivity index (χ0) is 21.3. The fourth-order valence-electron chi connectivity index (χ4n) is 3.15. The maximum Gasteiger partial charge on any atom is 0.259 e. The van der Waals surface area contributed by atoms with Crippen molar-refractivity contribution in [2.75, 3.05) is 13.7 Å². The molecule has 0 saturated carbocycles. The number of aromatic nitrogens is 6. The third-order valence-electron chi connectivity index (χ3n) is 4.90. The molecule has 8 nitrogen and oxygen atoms in total. The minimum absolute atomic E-state index is 0.0948. The van der Waals surface area contributed by atoms with Gasteiger partial charge in [0.25, 0.3) is 5.56 Å². The molecule has 1 unspecified atom stereocenters. The van der Waals surface area contributed by atoms with Gasteiger partial charge in [-0.3, -0.25) is 14.3 Å². The number of aryl methyl sites for hydroxylation is 2. The second kappa shape index (κ2) is 8.66. The molecule has 0 saturated heterocycles. The first-order chi connectivity index (χ1) is 14.5. The topological polar surface area (TPSA) is 98.6 Å². The molecule has 0 spiro atoms. The van der Waals surface area contributed by atoms with Gasteiger partial charge < -0.3 is 9.72 Å². The normalized spacial score (nSPS) is 12.5. The summed E-state index contributed by atoms with van der Waals surface area (Å²) in [5.41, 5.74) is 1.84. The standard InChI is InChI=1S/C20H22N6O2S2/c1-11-12(2)29-19-15(11)18(27)22-16(23-19)13(3)30-20-25-24-17(26(20)9-10-28-4)14-5-7-21-8-6-14/h5-8,13H,9-10H2,1-4H3,(H,22,23,27). The van der Waals surface area contributed by atoms with E-state index in [0.29, 0.717) is 24.4 Å². The van der Waals surface area contributed by atoms with Gasteiger partial charge in [-0.1, -0.05) is 11.8 Å². The molecule has 4 rings (SSSR count). The fraction of sp³-hybridized carbons (Fsp3) is 0.350. The van der Waals surface area contributed by atoms with Crippen LogP contribution in [-0.2, 0) is 11.3 Å². The Bertz CT molecular complexity index is 1230. The number of hydrogen-bond acceptors (Lipinski definition) is 8. The largest absolute Gasteiger partial charge is 0.383 e. The number of fused-ring (bicyclic) bond motifs is 1. The Labute approximate surface area is 181 Å². The Morgan fingerprint density at radius 2 is 2.03 bits per heavy atom. The van der Waals surface area contributed by atoms with Gasteiger partial charge in [-0.25, -0.2) is 4.98 Å². The van der Waals surface area contributed by atoms with Crippen LogP contribution in [0.4, 0.5) is 0 Å². The van der Waals surface area contributed by atoms with Crippen LogP contribution >= 0.6 is 23.1 Å². The first-order valence-corrected chi connectivity index (χ1v) is 11.2. The zero-order valence-electron chi connectivity index (χ0n) is 17.2. The molecule has 0 amide bonds. The van der Waals surface area contributed by atoms with E-state index >= 15 is 0 Å². The van der Waals surface area contributed by atoms with Gasteiger partial charge in [0.2, 0.25) is 0 Å². The van der Waals surface area contributed by atoms with Crippen molar-refractivity contribution in [3.8, 4) is 11.4 Å². The molecule has 10 heteroatoms. The second-order valence-corrected chi connectivity index (χ2v) is 9.37. The Kier molecular flexibility index (Phi) is 5.98. The number of methoxy groups -OCH3 is 1. The summed E-state index contributed by atoms with van der Waals surface area (Å²) in [6.07, 6.45) is 3.46. The molecule has 0 aliphatic carbocycles. The highest BCUT2D eigenvalue weighted by molar-refractivity contribution is 7.99. The number of thiophene rings is 1. The number of rotatable bonds is 7. The summed E-state index contributed by atoms with van der Waals surface area (Å²) >= 11 is 3.06. The van der Waals surface area contributed by atoms with E-state index in [-0.39, 0.29) is 10.8 Å². The molecule has 1 atom stereocenters. The molecular formula is C20H22N6O2S2. The van der Waals surface area contributed by atoms with E-state index in [0.717, 1.165) is 31.8 Å². The highest BCUT2D eigenvalue weighted by atomic mass is 32.2. The molecule has 0 aliphatic heterocycles. The van der Waals surface area contributed by atoms with Gasteiger partial charge in [0, 0.05) is 29.9 Å². The lowest BCUT2D eigenvalue weighted by Crippen LogP contribution is -2.13. The highest BCUT2D eigenvalue weighted by Crippen LogP contribution is 2.35. The van der Waals surface area contributed by atoms with Crippen LogP contribution in [0.5, 0.6) is 0 Å². The van der Waals surface area contributed by atoms with Crippen molar-refractivity contribution in [3.63, 3.8) is 0 Å². The quantitative estimate of drug-likeness (QED) is 0.435. The van der Waals surface area contributed by atoms with Crippen LogP contribution < -0.4 is 5.56 Å². The number of aromatic amines is 1. The molecule has 0 bridgehead atoms. The lowest BCUT2D eigenvalue weighted by atomic mass is 10.2. The molecule has 1 N–H and O–H groups in total. The van der Waals surface area contributed by atoms with Crippen LogP contribution in [0.1, 0.15) is 28.4 Å². The molecule has 0 aliphatic rings. The fourth-order valence-corrected chi connectivity index (χ4v) is 5.12. The van der Waals surface area contributed by atoms with E-state index in [2.05, 4.69) is 20.2 Å². The number of H-pyrrole nitrogens is 1. The zero-order valence-corrected chi connectivity index (χ0v) is 18.8. The van der Waals surface area contributed by atoms with Crippen molar-refractivity contribution in [1.82, 2.24) is 29.7 Å². The molecule has 30 heavy (non-hydrogen) atoms. The van der Waals surface area contributed by atoms with E-state index in [4.69, 9.17) is 9.72 Å². The summed E-state index contributed by atoms with van der Waals surface area (Å²) in [5.74, 6) is 1.39. The molecule has 156 valence electrons. The SMILES string of the molecule is COCCn1c(SC(C)c2nc3sc(C)c(C)c3c(=O)[nH]2)nnc1-c1ccncc1. The molecule has 0 aromatic carbocycles. The first kappa shape index (κ1) is 20.7. The average Bonchev–Trinajstić information content (AvgIpc) is 3.27. The van der Waals surface area contributed by atoms with Crippen molar-refractivity contribution in [3.05, 3.63) is 51.1 Å². The van der Waals surface area contributed by atoms with Crippen molar-refractivity contribution < 1.29 is 4.74 Å². The maximum absolute atomic E-state index is 12.6. The molecule has 0 radical (unpaired) electrons. The number of nitrogens with zero attached hydrogens (tertiary/aromatic N) is 5. The van der Waals surface area contributed by atoms with Gasteiger partial charge in [0.1, 0.15) is 10.7 Å². The smallest absolute Gasteiger partial charge is 0.259 e. The molecule has 4 aromatic rings. The highest BCUT2D eigenvalue weighted by Gasteiger charge is 2.20. The molecule has 4 aromatic heterocycles. The minimum Gasteiger partial charge on any atom is -0.383 e. The van der Waals surface area contributed by atoms with E-state index in [1.165, 1.54) is 11.8 Å². The Balaban J connectivity index is 1.68. The van der Waals surface area contributed by atoms with Crippen molar-refractivity contribution >= 4 is 33.3 Å². The summed E-state index contributed by atoms with van der Waals surface area (Å²) in [5, 5.41) is 10.1.